The maximum atomic E-state index is 12.1. The second-order valence-electron chi connectivity index (χ2n) is 7.86. The number of hydrogen-bond donors (Lipinski definition) is 0. The van der Waals surface area contributed by atoms with Crippen molar-refractivity contribution in [1.82, 2.24) is 0 Å². The van der Waals surface area contributed by atoms with Crippen LogP contribution in [0.4, 0.5) is 0 Å². The van der Waals surface area contributed by atoms with Crippen LogP contribution in [0.1, 0.15) is 90.5 Å². The van der Waals surface area contributed by atoms with Crippen molar-refractivity contribution in [3.63, 3.8) is 0 Å². The van der Waals surface area contributed by atoms with Gasteiger partial charge in [-0.2, -0.15) is 0 Å². The van der Waals surface area contributed by atoms with E-state index < -0.39 is 5.25 Å². The monoisotopic (exact) mass is 476 g/mol. The van der Waals surface area contributed by atoms with Crippen LogP contribution in [-0.2, 0) is 25.7 Å². The average molecular weight is 477 g/mol. The van der Waals surface area contributed by atoms with E-state index in [1.165, 1.54) is 63.1 Å². The Morgan fingerprint density at radius 1 is 0.774 bits per heavy atom. The van der Waals surface area contributed by atoms with Crippen molar-refractivity contribution in [3.05, 3.63) is 35.9 Å². The second kappa shape index (κ2) is 20.4. The van der Waals surface area contributed by atoms with E-state index in [2.05, 4.69) is 6.92 Å². The van der Waals surface area contributed by atoms with Gasteiger partial charge in [0, 0.05) is 0 Å². The molecular weight excluding hydrogens is 436 g/mol. The van der Waals surface area contributed by atoms with E-state index in [1.807, 2.05) is 30.3 Å². The van der Waals surface area contributed by atoms with Gasteiger partial charge in [0.25, 0.3) is 0 Å². The van der Waals surface area contributed by atoms with Crippen molar-refractivity contribution in [1.29, 1.82) is 0 Å². The van der Waals surface area contributed by atoms with Crippen molar-refractivity contribution in [2.24, 2.45) is 0 Å². The number of ether oxygens (including phenoxy) is 2. The van der Waals surface area contributed by atoms with E-state index in [4.69, 9.17) is 9.47 Å². The van der Waals surface area contributed by atoms with Crippen molar-refractivity contribution in [2.75, 3.05) is 6.61 Å². The largest absolute Gasteiger partial charge is 2.00 e. The van der Waals surface area contributed by atoms with Crippen LogP contribution in [0, 0.1) is 0 Å². The molecule has 0 saturated heterocycles. The molecule has 0 aromatic heterocycles. The summed E-state index contributed by atoms with van der Waals surface area (Å²) in [4.78, 5) is 24.3. The number of benzene rings is 1. The van der Waals surface area contributed by atoms with Crippen LogP contribution >= 0.6 is 11.8 Å². The molecule has 1 rings (SSSR count). The molecule has 31 heavy (non-hydrogen) atoms. The van der Waals surface area contributed by atoms with E-state index in [0.717, 1.165) is 18.4 Å². The first-order valence-electron chi connectivity index (χ1n) is 11.6. The Morgan fingerprint density at radius 2 is 1.26 bits per heavy atom. The van der Waals surface area contributed by atoms with Gasteiger partial charge >= 0.3 is 49.7 Å². The van der Waals surface area contributed by atoms with Gasteiger partial charge in [-0.3, -0.25) is 9.59 Å². The Bertz CT molecular complexity index is 582. The zero-order valence-electron chi connectivity index (χ0n) is 19.8. The molecule has 2 atom stereocenters. The number of carbonyl (C=O) groups is 2. The molecule has 0 radical (unpaired) electrons. The van der Waals surface area contributed by atoms with Crippen LogP contribution in [0.5, 0.6) is 0 Å². The molecule has 2 unspecified atom stereocenters. The molecule has 0 fully saturated rings. The summed E-state index contributed by atoms with van der Waals surface area (Å²) in [6, 6.07) is 9.58. The molecule has 0 aliphatic rings. The minimum absolute atomic E-state index is 0. The zero-order chi connectivity index (χ0) is 22.0. The van der Waals surface area contributed by atoms with E-state index in [1.54, 1.807) is 13.8 Å². The quantitative estimate of drug-likeness (QED) is 0.149. The van der Waals surface area contributed by atoms with Gasteiger partial charge in [-0.1, -0.05) is 95.0 Å². The molecule has 1 aromatic carbocycles. The van der Waals surface area contributed by atoms with Crippen molar-refractivity contribution in [3.8, 4) is 0 Å². The Hall–Kier alpha value is -0.230. The number of esters is 2. The van der Waals surface area contributed by atoms with Crippen molar-refractivity contribution < 1.29 is 19.1 Å². The predicted molar refractivity (Wildman–Crippen MR) is 131 cm³/mol. The van der Waals surface area contributed by atoms with Crippen LogP contribution in [0.3, 0.4) is 0 Å². The van der Waals surface area contributed by atoms with Crippen LogP contribution in [0.15, 0.2) is 30.3 Å². The maximum Gasteiger partial charge on any atom is 2.00 e. The van der Waals surface area contributed by atoms with E-state index in [0.29, 0.717) is 6.61 Å². The van der Waals surface area contributed by atoms with Crippen LogP contribution < -0.4 is 0 Å². The van der Waals surface area contributed by atoms with Gasteiger partial charge in [0.2, 0.25) is 0 Å². The number of thioether (sulfide) groups is 1. The third-order valence-electron chi connectivity index (χ3n) is 5.04. The van der Waals surface area contributed by atoms with Crippen LogP contribution in [0.2, 0.25) is 0 Å². The van der Waals surface area contributed by atoms with Gasteiger partial charge in [-0.05, 0) is 25.8 Å². The topological polar surface area (TPSA) is 52.6 Å². The van der Waals surface area contributed by atoms with Crippen molar-refractivity contribution in [2.45, 2.75) is 102 Å². The molecule has 0 aliphatic heterocycles. The molecule has 0 N–H and O–H groups in total. The predicted octanol–water partition coefficient (Wildman–Crippen LogP) is 6.32. The van der Waals surface area contributed by atoms with Gasteiger partial charge in [0.05, 0.1) is 6.61 Å². The summed E-state index contributed by atoms with van der Waals surface area (Å²) >= 11 is 1.28. The van der Waals surface area contributed by atoms with Crippen LogP contribution in [0.25, 0.3) is 0 Å². The summed E-state index contributed by atoms with van der Waals surface area (Å²) in [6.07, 6.45) is 12.5. The summed E-state index contributed by atoms with van der Waals surface area (Å²) in [6.45, 7) is 6.51. The fourth-order valence-electron chi connectivity index (χ4n) is 3.14. The first kappa shape index (κ1) is 30.8. The Labute approximate surface area is 223 Å². The average Bonchev–Trinajstić information content (AvgIpc) is 2.76. The fourth-order valence-corrected chi connectivity index (χ4v) is 4.11. The summed E-state index contributed by atoms with van der Waals surface area (Å²) in [7, 11) is 0. The van der Waals surface area contributed by atoms with E-state index >= 15 is 0 Å². The number of unbranched alkanes of at least 4 members (excludes halogenated alkanes) is 9. The Morgan fingerprint density at radius 3 is 1.81 bits per heavy atom. The molecule has 0 aliphatic carbocycles. The van der Waals surface area contributed by atoms with E-state index in [9.17, 15) is 9.59 Å². The molecule has 0 spiro atoms. The molecule has 0 heterocycles. The summed E-state index contributed by atoms with van der Waals surface area (Å²) in [5, 5.41) is -0.791. The number of carbonyl (C=O) groups excluding carboxylic acids is 2. The number of rotatable bonds is 17. The van der Waals surface area contributed by atoms with Crippen LogP contribution in [-0.4, -0.2) is 66.8 Å². The summed E-state index contributed by atoms with van der Waals surface area (Å²) in [5.74, 6) is -0.558. The molecule has 1 aromatic rings. The first-order chi connectivity index (χ1) is 14.5. The SMILES string of the molecule is CCCCCCCCCCCCOC(=O)C(C)SC(C)C(=O)OCc1ccccc1.[Ca+2]. The van der Waals surface area contributed by atoms with Gasteiger partial charge in [0.15, 0.2) is 0 Å². The minimum atomic E-state index is -0.409. The maximum absolute atomic E-state index is 12.1. The third kappa shape index (κ3) is 16.1. The fraction of sp³-hybridized carbons (Fsp3) is 0.680. The van der Waals surface area contributed by atoms with Crippen molar-refractivity contribution >= 4 is 61.4 Å². The van der Waals surface area contributed by atoms with Gasteiger partial charge in [0.1, 0.15) is 17.1 Å². The molecule has 4 nitrogen and oxygen atoms in total. The van der Waals surface area contributed by atoms with Gasteiger partial charge in [-0.15, -0.1) is 11.8 Å². The van der Waals surface area contributed by atoms with Gasteiger partial charge < -0.3 is 9.47 Å². The Balaban J connectivity index is 0.00000900. The third-order valence-corrected chi connectivity index (χ3v) is 6.24. The molecule has 0 amide bonds. The molecule has 0 saturated carbocycles. The number of hydrogen-bond acceptors (Lipinski definition) is 5. The van der Waals surface area contributed by atoms with Gasteiger partial charge in [-0.25, -0.2) is 0 Å². The minimum Gasteiger partial charge on any atom is -0.465 e. The normalized spacial score (nSPS) is 12.5. The first-order valence-corrected chi connectivity index (χ1v) is 12.5. The molecule has 6 heteroatoms. The molecular formula is C25H40CaO4S+2. The zero-order valence-corrected chi connectivity index (χ0v) is 22.8. The Kier molecular flexibility index (Phi) is 20.2. The molecule has 170 valence electrons. The summed E-state index contributed by atoms with van der Waals surface area (Å²) < 4.78 is 10.7. The standard InChI is InChI=1S/C25H40O4S.Ca/c1-4-5-6-7-8-9-10-11-12-16-19-28-24(26)21(2)30-22(3)25(27)29-20-23-17-14-13-15-18-23;/h13-15,17-18,21-22H,4-12,16,19-20H2,1-3H3;/q;+2. The summed E-state index contributed by atoms with van der Waals surface area (Å²) in [5.41, 5.74) is 0.951. The molecule has 0 bridgehead atoms. The second-order valence-corrected chi connectivity index (χ2v) is 9.55. The smallest absolute Gasteiger partial charge is 0.465 e. The van der Waals surface area contributed by atoms with E-state index in [-0.39, 0.29) is 61.5 Å².